The number of benzene rings is 4. The standard InChI is InChI=1S/C37H31NO5/c1-4-43-30-15-8-7-14-28(30)32-33(34(39)24-10-9-11-25(21-24)42-3)38-29-18-16-22(2)20-23(29)17-19-31(38)37(32)35(40)26-12-5-6-13-27(26)36(37)41/h5-21,31-33H,4H2,1-3H3/t31-,32+,33+/m1/s1. The van der Waals surface area contributed by atoms with Gasteiger partial charge in [-0.15, -0.1) is 0 Å². The second-order valence-corrected chi connectivity index (χ2v) is 11.3. The fourth-order valence-corrected chi connectivity index (χ4v) is 7.41. The third kappa shape index (κ3) is 3.75. The van der Waals surface area contributed by atoms with Gasteiger partial charge in [-0.05, 0) is 49.7 Å². The molecule has 0 unspecified atom stereocenters. The minimum Gasteiger partial charge on any atom is -0.497 e. The molecule has 1 spiro atoms. The molecule has 2 heterocycles. The van der Waals surface area contributed by atoms with Crippen LogP contribution in [0.25, 0.3) is 6.08 Å². The van der Waals surface area contributed by atoms with Gasteiger partial charge in [0.05, 0.1) is 19.8 Å². The molecule has 1 aliphatic carbocycles. The van der Waals surface area contributed by atoms with Gasteiger partial charge in [0.15, 0.2) is 17.3 Å². The maximum absolute atomic E-state index is 14.9. The topological polar surface area (TPSA) is 72.9 Å². The molecule has 0 radical (unpaired) electrons. The monoisotopic (exact) mass is 569 g/mol. The van der Waals surface area contributed by atoms with Gasteiger partial charge >= 0.3 is 0 Å². The highest BCUT2D eigenvalue weighted by Gasteiger charge is 2.72. The molecule has 214 valence electrons. The van der Waals surface area contributed by atoms with Crippen molar-refractivity contribution in [2.75, 3.05) is 18.6 Å². The maximum atomic E-state index is 14.9. The molecule has 3 aliphatic rings. The summed E-state index contributed by atoms with van der Waals surface area (Å²) in [6.07, 6.45) is 3.93. The van der Waals surface area contributed by atoms with Crippen molar-refractivity contribution in [3.05, 3.63) is 130 Å². The highest BCUT2D eigenvalue weighted by Crippen LogP contribution is 2.62. The number of para-hydroxylation sites is 1. The molecule has 4 aromatic rings. The van der Waals surface area contributed by atoms with Crippen LogP contribution in [0.3, 0.4) is 0 Å². The Morgan fingerprint density at radius 2 is 1.60 bits per heavy atom. The maximum Gasteiger partial charge on any atom is 0.186 e. The Labute approximate surface area is 250 Å². The van der Waals surface area contributed by atoms with Crippen LogP contribution < -0.4 is 14.4 Å². The Hall–Kier alpha value is -4.97. The molecule has 7 rings (SSSR count). The van der Waals surface area contributed by atoms with E-state index in [-0.39, 0.29) is 17.3 Å². The molecule has 6 heteroatoms. The van der Waals surface area contributed by atoms with Crippen molar-refractivity contribution in [2.45, 2.75) is 31.8 Å². The van der Waals surface area contributed by atoms with Crippen LogP contribution >= 0.6 is 0 Å². The lowest BCUT2D eigenvalue weighted by Gasteiger charge is -2.37. The molecule has 4 aromatic carbocycles. The van der Waals surface area contributed by atoms with E-state index in [2.05, 4.69) is 6.07 Å². The number of ether oxygens (including phenoxy) is 2. The van der Waals surface area contributed by atoms with Crippen LogP contribution in [-0.2, 0) is 0 Å². The summed E-state index contributed by atoms with van der Waals surface area (Å²) in [6.45, 7) is 4.31. The van der Waals surface area contributed by atoms with Crippen molar-refractivity contribution in [2.24, 2.45) is 5.41 Å². The van der Waals surface area contributed by atoms with Gasteiger partial charge in [0, 0.05) is 33.9 Å². The summed E-state index contributed by atoms with van der Waals surface area (Å²) < 4.78 is 11.6. The Morgan fingerprint density at radius 1 is 0.884 bits per heavy atom. The minimum atomic E-state index is -1.59. The number of ketones is 3. The molecular weight excluding hydrogens is 538 g/mol. The Balaban J connectivity index is 1.56. The van der Waals surface area contributed by atoms with Crippen molar-refractivity contribution in [1.82, 2.24) is 0 Å². The lowest BCUT2D eigenvalue weighted by Crippen LogP contribution is -2.48. The summed E-state index contributed by atoms with van der Waals surface area (Å²) in [5.41, 5.74) is 3.12. The molecule has 0 N–H and O–H groups in total. The molecule has 2 aliphatic heterocycles. The highest BCUT2D eigenvalue weighted by atomic mass is 16.5. The summed E-state index contributed by atoms with van der Waals surface area (Å²) in [5.74, 6) is -0.460. The van der Waals surface area contributed by atoms with E-state index in [1.165, 1.54) is 0 Å². The fourth-order valence-electron chi connectivity index (χ4n) is 7.41. The van der Waals surface area contributed by atoms with Gasteiger partial charge in [-0.1, -0.05) is 78.4 Å². The second kappa shape index (κ2) is 10.1. The van der Waals surface area contributed by atoms with Gasteiger partial charge < -0.3 is 14.4 Å². The van der Waals surface area contributed by atoms with E-state index in [4.69, 9.17) is 9.47 Å². The third-order valence-electron chi connectivity index (χ3n) is 9.14. The van der Waals surface area contributed by atoms with Crippen LogP contribution in [0.4, 0.5) is 5.69 Å². The summed E-state index contributed by atoms with van der Waals surface area (Å²) >= 11 is 0. The van der Waals surface area contributed by atoms with Gasteiger partial charge in [-0.25, -0.2) is 0 Å². The number of hydrogen-bond acceptors (Lipinski definition) is 6. The summed E-state index contributed by atoms with van der Waals surface area (Å²) in [7, 11) is 1.56. The molecule has 0 aromatic heterocycles. The average Bonchev–Trinajstić information content (AvgIpc) is 3.47. The number of hydrogen-bond donors (Lipinski definition) is 0. The van der Waals surface area contributed by atoms with Gasteiger partial charge in [-0.3, -0.25) is 14.4 Å². The number of aryl methyl sites for hydroxylation is 1. The lowest BCUT2D eigenvalue weighted by atomic mass is 9.64. The molecule has 0 saturated carbocycles. The molecular formula is C37H31NO5. The fraction of sp³-hybridized carbons (Fsp3) is 0.216. The number of rotatable bonds is 6. The summed E-state index contributed by atoms with van der Waals surface area (Å²) in [5, 5.41) is 0. The summed E-state index contributed by atoms with van der Waals surface area (Å²) in [4.78, 5) is 46.7. The largest absolute Gasteiger partial charge is 0.497 e. The first-order valence-corrected chi connectivity index (χ1v) is 14.6. The van der Waals surface area contributed by atoms with Gasteiger partial charge in [-0.2, -0.15) is 0 Å². The molecule has 3 atom stereocenters. The van der Waals surface area contributed by atoms with Crippen LogP contribution in [0.2, 0.25) is 0 Å². The first-order chi connectivity index (χ1) is 20.9. The van der Waals surface area contributed by atoms with E-state index in [9.17, 15) is 14.4 Å². The van der Waals surface area contributed by atoms with Crippen LogP contribution in [-0.4, -0.2) is 43.2 Å². The first-order valence-electron chi connectivity index (χ1n) is 14.6. The normalized spacial score (nSPS) is 21.0. The molecule has 1 fully saturated rings. The number of methoxy groups -OCH3 is 1. The number of fused-ring (bicyclic) bond motifs is 5. The Kier molecular flexibility index (Phi) is 6.31. The molecule has 43 heavy (non-hydrogen) atoms. The van der Waals surface area contributed by atoms with Gasteiger partial charge in [0.25, 0.3) is 0 Å². The summed E-state index contributed by atoms with van der Waals surface area (Å²) in [6, 6.07) is 26.0. The molecule has 0 bridgehead atoms. The SMILES string of the molecule is CCOc1ccccc1[C@H]1[C@@H](C(=O)c2cccc(OC)c2)N2c3ccc(C)cc3C=C[C@@H]2C12C(=O)c1ccccc1C2=O. The van der Waals surface area contributed by atoms with Crippen molar-refractivity contribution >= 4 is 29.1 Å². The zero-order valence-electron chi connectivity index (χ0n) is 24.2. The predicted molar refractivity (Wildman–Crippen MR) is 165 cm³/mol. The average molecular weight is 570 g/mol. The predicted octanol–water partition coefficient (Wildman–Crippen LogP) is 6.72. The van der Waals surface area contributed by atoms with Crippen LogP contribution in [0.5, 0.6) is 11.5 Å². The van der Waals surface area contributed by atoms with E-state index in [1.807, 2.05) is 67.3 Å². The first kappa shape index (κ1) is 26.9. The lowest BCUT2D eigenvalue weighted by molar-refractivity contribution is 0.0664. The number of carbonyl (C=O) groups is 3. The third-order valence-corrected chi connectivity index (χ3v) is 9.14. The zero-order valence-corrected chi connectivity index (χ0v) is 24.2. The number of nitrogens with zero attached hydrogens (tertiary/aromatic N) is 1. The van der Waals surface area contributed by atoms with Gasteiger partial charge in [0.1, 0.15) is 23.0 Å². The van der Waals surface area contributed by atoms with Crippen LogP contribution in [0.15, 0.2) is 97.1 Å². The molecule has 6 nitrogen and oxygen atoms in total. The van der Waals surface area contributed by atoms with E-state index in [1.54, 1.807) is 55.6 Å². The van der Waals surface area contributed by atoms with Crippen LogP contribution in [0, 0.1) is 12.3 Å². The van der Waals surface area contributed by atoms with Crippen molar-refractivity contribution < 1.29 is 23.9 Å². The number of carbonyl (C=O) groups excluding carboxylic acids is 3. The van der Waals surface area contributed by atoms with Crippen molar-refractivity contribution in [3.63, 3.8) is 0 Å². The second-order valence-electron chi connectivity index (χ2n) is 11.3. The molecule has 0 amide bonds. The van der Waals surface area contributed by atoms with Crippen LogP contribution in [0.1, 0.15) is 60.6 Å². The molecule has 1 saturated heterocycles. The highest BCUT2D eigenvalue weighted by molar-refractivity contribution is 6.32. The Bertz CT molecular complexity index is 1800. The minimum absolute atomic E-state index is 0.199. The number of anilines is 1. The quantitative estimate of drug-likeness (QED) is 0.190. The van der Waals surface area contributed by atoms with E-state index >= 15 is 0 Å². The van der Waals surface area contributed by atoms with Gasteiger partial charge in [0.2, 0.25) is 0 Å². The zero-order chi connectivity index (χ0) is 29.9. The Morgan fingerprint density at radius 3 is 2.33 bits per heavy atom. The van der Waals surface area contributed by atoms with E-state index < -0.39 is 23.4 Å². The van der Waals surface area contributed by atoms with Crippen molar-refractivity contribution in [1.29, 1.82) is 0 Å². The van der Waals surface area contributed by atoms with E-state index in [0.29, 0.717) is 40.4 Å². The number of Topliss-reactive ketones (excluding diaryl/α,β-unsaturated/α-hetero) is 3. The van der Waals surface area contributed by atoms with Crippen molar-refractivity contribution in [3.8, 4) is 11.5 Å². The van der Waals surface area contributed by atoms with E-state index in [0.717, 1.165) is 16.8 Å². The smallest absolute Gasteiger partial charge is 0.186 e.